The van der Waals surface area contributed by atoms with Gasteiger partial charge in [-0.05, 0) is 12.1 Å². The molecule has 0 aliphatic carbocycles. The monoisotopic (exact) mass is 261 g/mol. The lowest BCUT2D eigenvalue weighted by Gasteiger charge is -2.08. The normalized spacial score (nSPS) is 10.2. The van der Waals surface area contributed by atoms with E-state index >= 15 is 0 Å². The summed E-state index contributed by atoms with van der Waals surface area (Å²) in [5, 5.41) is 3.98. The fourth-order valence-electron chi connectivity index (χ4n) is 1.50. The van der Waals surface area contributed by atoms with Crippen LogP contribution in [-0.2, 0) is 23.2 Å². The Balaban J connectivity index is 1.77. The first-order valence-corrected chi connectivity index (χ1v) is 5.75. The lowest BCUT2D eigenvalue weighted by Crippen LogP contribution is -2.15. The van der Waals surface area contributed by atoms with Crippen molar-refractivity contribution in [2.24, 2.45) is 7.05 Å². The minimum Gasteiger partial charge on any atom is -0.480 e. The largest absolute Gasteiger partial charge is 0.480 e. The number of hydrogen-bond acceptors (Lipinski definition) is 5. The summed E-state index contributed by atoms with van der Waals surface area (Å²) >= 11 is 0. The third kappa shape index (κ3) is 3.74. The van der Waals surface area contributed by atoms with Crippen LogP contribution < -0.4 is 10.5 Å². The number of aromatic nitrogens is 2. The second kappa shape index (κ2) is 5.90. The van der Waals surface area contributed by atoms with Crippen LogP contribution in [0.1, 0.15) is 5.56 Å². The third-order valence-electron chi connectivity index (χ3n) is 2.42. The molecule has 1 aromatic heterocycles. The van der Waals surface area contributed by atoms with Gasteiger partial charge in [0.2, 0.25) is 0 Å². The molecular weight excluding hydrogens is 246 g/mol. The topological polar surface area (TPSA) is 79.4 Å². The van der Waals surface area contributed by atoms with Crippen molar-refractivity contribution in [1.82, 2.24) is 9.78 Å². The standard InChI is InChI=1S/C13H15N3O3/c1-16-7-10(6-15-16)8-19-13(17)9-18-12-5-3-2-4-11(12)14/h2-7H,8-9,14H2,1H3. The molecule has 0 atom stereocenters. The molecule has 0 aliphatic heterocycles. The van der Waals surface area contributed by atoms with Gasteiger partial charge in [0.05, 0.1) is 11.9 Å². The van der Waals surface area contributed by atoms with Crippen molar-refractivity contribution in [2.45, 2.75) is 6.61 Å². The van der Waals surface area contributed by atoms with Gasteiger partial charge >= 0.3 is 5.97 Å². The molecule has 0 amide bonds. The number of carbonyl (C=O) groups excluding carboxylic acids is 1. The van der Waals surface area contributed by atoms with Crippen molar-refractivity contribution in [2.75, 3.05) is 12.3 Å². The fraction of sp³-hybridized carbons (Fsp3) is 0.231. The molecule has 0 bridgehead atoms. The van der Waals surface area contributed by atoms with Crippen LogP contribution in [0.2, 0.25) is 0 Å². The van der Waals surface area contributed by atoms with Crippen LogP contribution in [0.25, 0.3) is 0 Å². The zero-order valence-electron chi connectivity index (χ0n) is 10.6. The summed E-state index contributed by atoms with van der Waals surface area (Å²) in [6.07, 6.45) is 3.42. The van der Waals surface area contributed by atoms with Crippen LogP contribution in [-0.4, -0.2) is 22.4 Å². The first-order valence-electron chi connectivity index (χ1n) is 5.75. The van der Waals surface area contributed by atoms with Crippen molar-refractivity contribution in [3.8, 4) is 5.75 Å². The van der Waals surface area contributed by atoms with Crippen LogP contribution in [0.15, 0.2) is 36.7 Å². The number of hydrogen-bond donors (Lipinski definition) is 1. The second-order valence-electron chi connectivity index (χ2n) is 4.01. The fourth-order valence-corrected chi connectivity index (χ4v) is 1.50. The van der Waals surface area contributed by atoms with Gasteiger partial charge in [0.1, 0.15) is 12.4 Å². The summed E-state index contributed by atoms with van der Waals surface area (Å²) < 4.78 is 12.0. The first-order chi connectivity index (χ1) is 9.15. The molecule has 0 spiro atoms. The summed E-state index contributed by atoms with van der Waals surface area (Å²) in [6.45, 7) is 0.00871. The molecule has 19 heavy (non-hydrogen) atoms. The highest BCUT2D eigenvalue weighted by Gasteiger charge is 2.07. The van der Waals surface area contributed by atoms with E-state index in [9.17, 15) is 4.79 Å². The SMILES string of the molecule is Cn1cc(COC(=O)COc2ccccc2N)cn1. The quantitative estimate of drug-likeness (QED) is 0.644. The highest BCUT2D eigenvalue weighted by molar-refractivity contribution is 5.71. The Kier molecular flexibility index (Phi) is 4.02. The van der Waals surface area contributed by atoms with E-state index in [1.54, 1.807) is 48.4 Å². The molecule has 0 fully saturated rings. The Morgan fingerprint density at radius 3 is 2.89 bits per heavy atom. The average Bonchev–Trinajstić information content (AvgIpc) is 2.81. The van der Waals surface area contributed by atoms with E-state index in [1.165, 1.54) is 0 Å². The van der Waals surface area contributed by atoms with Crippen molar-refractivity contribution >= 4 is 11.7 Å². The summed E-state index contributed by atoms with van der Waals surface area (Å²) in [5.74, 6) is 0.0212. The maximum atomic E-state index is 11.5. The predicted octanol–water partition coefficient (Wildman–Crippen LogP) is 1.12. The molecule has 1 aromatic carbocycles. The number of anilines is 1. The Bertz CT molecular complexity index is 566. The number of nitrogens with zero attached hydrogens (tertiary/aromatic N) is 2. The minimum atomic E-state index is -0.452. The molecule has 6 nitrogen and oxygen atoms in total. The van der Waals surface area contributed by atoms with Crippen LogP contribution in [0.4, 0.5) is 5.69 Å². The van der Waals surface area contributed by atoms with Gasteiger partial charge in [-0.25, -0.2) is 4.79 Å². The number of esters is 1. The molecule has 0 saturated heterocycles. The molecular formula is C13H15N3O3. The summed E-state index contributed by atoms with van der Waals surface area (Å²) in [6, 6.07) is 6.98. The molecule has 2 aromatic rings. The maximum absolute atomic E-state index is 11.5. The number of rotatable bonds is 5. The minimum absolute atomic E-state index is 0.172. The Morgan fingerprint density at radius 2 is 2.21 bits per heavy atom. The van der Waals surface area contributed by atoms with E-state index in [2.05, 4.69) is 5.10 Å². The zero-order chi connectivity index (χ0) is 13.7. The molecule has 0 saturated carbocycles. The van der Waals surface area contributed by atoms with Gasteiger partial charge in [0, 0.05) is 18.8 Å². The zero-order valence-corrected chi connectivity index (χ0v) is 10.6. The smallest absolute Gasteiger partial charge is 0.344 e. The summed E-state index contributed by atoms with van der Waals surface area (Å²) in [5.41, 5.74) is 7.00. The Morgan fingerprint density at radius 1 is 1.42 bits per heavy atom. The van der Waals surface area contributed by atoms with E-state index in [0.717, 1.165) is 5.56 Å². The van der Waals surface area contributed by atoms with Crippen LogP contribution >= 0.6 is 0 Å². The highest BCUT2D eigenvalue weighted by Crippen LogP contribution is 2.19. The van der Waals surface area contributed by atoms with Crippen LogP contribution in [0.3, 0.4) is 0 Å². The van der Waals surface area contributed by atoms with E-state index in [0.29, 0.717) is 11.4 Å². The molecule has 0 unspecified atom stereocenters. The van der Waals surface area contributed by atoms with Crippen molar-refractivity contribution in [3.63, 3.8) is 0 Å². The number of benzene rings is 1. The highest BCUT2D eigenvalue weighted by atomic mass is 16.6. The van der Waals surface area contributed by atoms with Gasteiger partial charge in [-0.2, -0.15) is 5.10 Å². The Hall–Kier alpha value is -2.50. The molecule has 1 heterocycles. The third-order valence-corrected chi connectivity index (χ3v) is 2.42. The van der Waals surface area contributed by atoms with Crippen molar-refractivity contribution < 1.29 is 14.3 Å². The van der Waals surface area contributed by atoms with Gasteiger partial charge in [0.15, 0.2) is 6.61 Å². The number of aryl methyl sites for hydroxylation is 1. The van der Waals surface area contributed by atoms with Gasteiger partial charge in [-0.1, -0.05) is 12.1 Å². The number of carbonyl (C=O) groups is 1. The van der Waals surface area contributed by atoms with E-state index < -0.39 is 5.97 Å². The van der Waals surface area contributed by atoms with Gasteiger partial charge in [-0.15, -0.1) is 0 Å². The van der Waals surface area contributed by atoms with E-state index in [1.807, 2.05) is 0 Å². The molecule has 2 N–H and O–H groups in total. The Labute approximate surface area is 110 Å². The summed E-state index contributed by atoms with van der Waals surface area (Å²) in [7, 11) is 1.80. The molecule has 0 radical (unpaired) electrons. The van der Waals surface area contributed by atoms with Crippen molar-refractivity contribution in [3.05, 3.63) is 42.2 Å². The lowest BCUT2D eigenvalue weighted by molar-refractivity contribution is -0.147. The van der Waals surface area contributed by atoms with E-state index in [-0.39, 0.29) is 13.2 Å². The molecule has 0 aliphatic rings. The molecule has 6 heteroatoms. The number of ether oxygens (including phenoxy) is 2. The van der Waals surface area contributed by atoms with E-state index in [4.69, 9.17) is 15.2 Å². The first kappa shape index (κ1) is 12.9. The predicted molar refractivity (Wildman–Crippen MR) is 69.4 cm³/mol. The lowest BCUT2D eigenvalue weighted by atomic mass is 10.3. The van der Waals surface area contributed by atoms with Gasteiger partial charge in [0.25, 0.3) is 0 Å². The van der Waals surface area contributed by atoms with Crippen LogP contribution in [0.5, 0.6) is 5.75 Å². The second-order valence-corrected chi connectivity index (χ2v) is 4.01. The van der Waals surface area contributed by atoms with Gasteiger partial charge in [-0.3, -0.25) is 4.68 Å². The maximum Gasteiger partial charge on any atom is 0.344 e. The molecule has 100 valence electrons. The van der Waals surface area contributed by atoms with Crippen molar-refractivity contribution in [1.29, 1.82) is 0 Å². The van der Waals surface area contributed by atoms with Crippen LogP contribution in [0, 0.1) is 0 Å². The molecule has 2 rings (SSSR count). The summed E-state index contributed by atoms with van der Waals surface area (Å²) in [4.78, 5) is 11.5. The number of nitrogens with two attached hydrogens (primary N) is 1. The average molecular weight is 261 g/mol. The number of para-hydroxylation sites is 2. The number of nitrogen functional groups attached to an aromatic ring is 1. The van der Waals surface area contributed by atoms with Gasteiger partial charge < -0.3 is 15.2 Å².